The van der Waals surface area contributed by atoms with Gasteiger partial charge in [0.15, 0.2) is 0 Å². The number of carbonyl (C=O) groups is 1. The van der Waals surface area contributed by atoms with Crippen LogP contribution in [0.1, 0.15) is 24.8 Å². The van der Waals surface area contributed by atoms with Gasteiger partial charge in [-0.25, -0.2) is 0 Å². The van der Waals surface area contributed by atoms with Crippen LogP contribution in [0.25, 0.3) is 0 Å². The Hall–Kier alpha value is -0.870. The molecule has 0 spiro atoms. The number of halogens is 1. The third-order valence-corrected chi connectivity index (χ3v) is 3.53. The van der Waals surface area contributed by atoms with E-state index in [4.69, 9.17) is 0 Å². The molecule has 1 amide bonds. The molecule has 1 heterocycles. The molecule has 3 nitrogen and oxygen atoms in total. The van der Waals surface area contributed by atoms with Crippen molar-refractivity contribution >= 4 is 21.8 Å². The van der Waals surface area contributed by atoms with Gasteiger partial charge in [0.1, 0.15) is 0 Å². The van der Waals surface area contributed by atoms with Crippen LogP contribution in [-0.2, 0) is 11.3 Å². The summed E-state index contributed by atoms with van der Waals surface area (Å²) in [6, 6.07) is 8.12. The Morgan fingerprint density at radius 3 is 2.82 bits per heavy atom. The van der Waals surface area contributed by atoms with E-state index >= 15 is 0 Å². The Morgan fingerprint density at radius 1 is 1.29 bits per heavy atom. The molecule has 92 valence electrons. The van der Waals surface area contributed by atoms with Crippen LogP contribution in [-0.4, -0.2) is 18.5 Å². The number of benzene rings is 1. The van der Waals surface area contributed by atoms with E-state index in [1.165, 1.54) is 5.56 Å². The summed E-state index contributed by atoms with van der Waals surface area (Å²) >= 11 is 3.41. The smallest absolute Gasteiger partial charge is 0.237 e. The van der Waals surface area contributed by atoms with E-state index in [2.05, 4.69) is 38.7 Å². The van der Waals surface area contributed by atoms with Gasteiger partial charge in [-0.1, -0.05) is 28.1 Å². The Morgan fingerprint density at radius 2 is 2.06 bits per heavy atom. The van der Waals surface area contributed by atoms with Crippen LogP contribution in [0.4, 0.5) is 0 Å². The minimum absolute atomic E-state index is 0.0406. The summed E-state index contributed by atoms with van der Waals surface area (Å²) in [5.74, 6) is 0.139. The van der Waals surface area contributed by atoms with Crippen LogP contribution < -0.4 is 10.6 Å². The zero-order valence-corrected chi connectivity index (χ0v) is 11.3. The third-order valence-electron chi connectivity index (χ3n) is 3.00. The average molecular weight is 297 g/mol. The summed E-state index contributed by atoms with van der Waals surface area (Å²) in [6.07, 6.45) is 3.13. The molecular weight excluding hydrogens is 280 g/mol. The number of amides is 1. The summed E-state index contributed by atoms with van der Waals surface area (Å²) in [7, 11) is 0. The molecule has 1 saturated heterocycles. The van der Waals surface area contributed by atoms with Crippen LogP contribution in [0.15, 0.2) is 28.7 Å². The Balaban J connectivity index is 1.88. The quantitative estimate of drug-likeness (QED) is 0.898. The minimum Gasteiger partial charge on any atom is -0.355 e. The first kappa shape index (κ1) is 12.6. The SMILES string of the molecule is O=C1NCCCC[C@H]1NCc1ccc(Br)cc1. The molecule has 1 aromatic carbocycles. The molecule has 1 fully saturated rings. The minimum atomic E-state index is -0.0406. The highest BCUT2D eigenvalue weighted by Crippen LogP contribution is 2.11. The highest BCUT2D eigenvalue weighted by Gasteiger charge is 2.19. The monoisotopic (exact) mass is 296 g/mol. The lowest BCUT2D eigenvalue weighted by Gasteiger charge is -2.15. The average Bonchev–Trinajstić information content (AvgIpc) is 2.54. The molecule has 1 atom stereocenters. The first-order valence-corrected chi connectivity index (χ1v) is 6.80. The summed E-state index contributed by atoms with van der Waals surface area (Å²) in [5.41, 5.74) is 1.20. The normalized spacial score (nSPS) is 20.8. The lowest BCUT2D eigenvalue weighted by atomic mass is 10.1. The van der Waals surface area contributed by atoms with Crippen LogP contribution >= 0.6 is 15.9 Å². The molecule has 1 aliphatic heterocycles. The fraction of sp³-hybridized carbons (Fsp3) is 0.462. The molecule has 2 N–H and O–H groups in total. The third kappa shape index (κ3) is 3.82. The molecule has 0 aliphatic carbocycles. The van der Waals surface area contributed by atoms with Crippen molar-refractivity contribution in [1.82, 2.24) is 10.6 Å². The van der Waals surface area contributed by atoms with Gasteiger partial charge in [0.2, 0.25) is 5.91 Å². The molecule has 0 bridgehead atoms. The zero-order chi connectivity index (χ0) is 12.1. The van der Waals surface area contributed by atoms with Crippen LogP contribution in [0.2, 0.25) is 0 Å². The predicted molar refractivity (Wildman–Crippen MR) is 71.6 cm³/mol. The van der Waals surface area contributed by atoms with Gasteiger partial charge in [-0.05, 0) is 37.0 Å². The van der Waals surface area contributed by atoms with Crippen molar-refractivity contribution in [2.45, 2.75) is 31.8 Å². The summed E-state index contributed by atoms with van der Waals surface area (Å²) < 4.78 is 1.08. The van der Waals surface area contributed by atoms with Crippen molar-refractivity contribution in [3.05, 3.63) is 34.3 Å². The van der Waals surface area contributed by atoms with Crippen LogP contribution in [0.3, 0.4) is 0 Å². The van der Waals surface area contributed by atoms with E-state index in [0.29, 0.717) is 0 Å². The lowest BCUT2D eigenvalue weighted by Crippen LogP contribution is -2.42. The van der Waals surface area contributed by atoms with Crippen molar-refractivity contribution in [3.8, 4) is 0 Å². The van der Waals surface area contributed by atoms with Crippen molar-refractivity contribution in [1.29, 1.82) is 0 Å². The maximum absolute atomic E-state index is 11.7. The predicted octanol–water partition coefficient (Wildman–Crippen LogP) is 2.21. The number of rotatable bonds is 3. The molecule has 0 radical (unpaired) electrons. The number of nitrogens with one attached hydrogen (secondary N) is 2. The molecule has 0 aromatic heterocycles. The molecule has 17 heavy (non-hydrogen) atoms. The van der Waals surface area contributed by atoms with Crippen molar-refractivity contribution in [2.24, 2.45) is 0 Å². The molecule has 2 rings (SSSR count). The number of carbonyl (C=O) groups excluding carboxylic acids is 1. The van der Waals surface area contributed by atoms with Gasteiger partial charge in [0.25, 0.3) is 0 Å². The van der Waals surface area contributed by atoms with E-state index in [9.17, 15) is 4.79 Å². The summed E-state index contributed by atoms with van der Waals surface area (Å²) in [5, 5.41) is 6.25. The fourth-order valence-corrected chi connectivity index (χ4v) is 2.24. The summed E-state index contributed by atoms with van der Waals surface area (Å²) in [6.45, 7) is 1.56. The molecule has 1 aliphatic rings. The lowest BCUT2D eigenvalue weighted by molar-refractivity contribution is -0.122. The van der Waals surface area contributed by atoms with E-state index in [1.807, 2.05) is 12.1 Å². The van der Waals surface area contributed by atoms with Crippen molar-refractivity contribution < 1.29 is 4.79 Å². The maximum atomic E-state index is 11.7. The Bertz CT molecular complexity index is 378. The molecule has 0 unspecified atom stereocenters. The van der Waals surface area contributed by atoms with Crippen molar-refractivity contribution in [3.63, 3.8) is 0 Å². The first-order chi connectivity index (χ1) is 8.25. The number of hydrogen-bond donors (Lipinski definition) is 2. The van der Waals surface area contributed by atoms with Crippen LogP contribution in [0, 0.1) is 0 Å². The second kappa shape index (κ2) is 6.17. The van der Waals surface area contributed by atoms with Gasteiger partial charge in [0.05, 0.1) is 6.04 Å². The fourth-order valence-electron chi connectivity index (χ4n) is 1.98. The highest BCUT2D eigenvalue weighted by molar-refractivity contribution is 9.10. The van der Waals surface area contributed by atoms with Gasteiger partial charge >= 0.3 is 0 Å². The van der Waals surface area contributed by atoms with E-state index in [-0.39, 0.29) is 11.9 Å². The Kier molecular flexibility index (Phi) is 4.57. The molecule has 1 aromatic rings. The standard InChI is InChI=1S/C13H17BrN2O/c14-11-6-4-10(5-7-11)9-16-12-3-1-2-8-15-13(12)17/h4-7,12,16H,1-3,8-9H2,(H,15,17)/t12-/m1/s1. The van der Waals surface area contributed by atoms with Crippen molar-refractivity contribution in [2.75, 3.05) is 6.54 Å². The molecule has 4 heteroatoms. The van der Waals surface area contributed by atoms with Gasteiger partial charge in [-0.2, -0.15) is 0 Å². The van der Waals surface area contributed by atoms with Gasteiger partial charge in [0, 0.05) is 17.6 Å². The topological polar surface area (TPSA) is 41.1 Å². The second-order valence-corrected chi connectivity index (χ2v) is 5.26. The molecule has 0 saturated carbocycles. The first-order valence-electron chi connectivity index (χ1n) is 6.01. The highest BCUT2D eigenvalue weighted by atomic mass is 79.9. The van der Waals surface area contributed by atoms with Gasteiger partial charge in [-0.15, -0.1) is 0 Å². The van der Waals surface area contributed by atoms with Gasteiger partial charge < -0.3 is 10.6 Å². The molecular formula is C13H17BrN2O. The largest absolute Gasteiger partial charge is 0.355 e. The van der Waals surface area contributed by atoms with E-state index < -0.39 is 0 Å². The van der Waals surface area contributed by atoms with E-state index in [0.717, 1.165) is 36.8 Å². The summed E-state index contributed by atoms with van der Waals surface area (Å²) in [4.78, 5) is 11.7. The van der Waals surface area contributed by atoms with Crippen LogP contribution in [0.5, 0.6) is 0 Å². The maximum Gasteiger partial charge on any atom is 0.237 e. The zero-order valence-electron chi connectivity index (χ0n) is 9.71. The van der Waals surface area contributed by atoms with Gasteiger partial charge in [-0.3, -0.25) is 4.79 Å². The Labute approximate surface area is 110 Å². The second-order valence-electron chi connectivity index (χ2n) is 4.35. The number of hydrogen-bond acceptors (Lipinski definition) is 2. The van der Waals surface area contributed by atoms with E-state index in [1.54, 1.807) is 0 Å².